The first-order valence-corrected chi connectivity index (χ1v) is 8.86. The van der Waals surface area contributed by atoms with Crippen molar-refractivity contribution in [3.05, 3.63) is 80.3 Å². The van der Waals surface area contributed by atoms with Crippen molar-refractivity contribution in [1.29, 1.82) is 0 Å². The first-order chi connectivity index (χ1) is 11.6. The molecule has 2 heterocycles. The van der Waals surface area contributed by atoms with Gasteiger partial charge in [-0.25, -0.2) is 0 Å². The van der Waals surface area contributed by atoms with E-state index in [-0.39, 0.29) is 6.04 Å². The number of benzene rings is 1. The summed E-state index contributed by atoms with van der Waals surface area (Å²) < 4.78 is 0. The van der Waals surface area contributed by atoms with Gasteiger partial charge in [-0.15, -0.1) is 21.5 Å². The molecule has 0 bridgehead atoms. The Morgan fingerprint density at radius 3 is 2.33 bits per heavy atom. The average Bonchev–Trinajstić information content (AvgIpc) is 2.84. The quantitative estimate of drug-likeness (QED) is 0.757. The van der Waals surface area contributed by atoms with Crippen LogP contribution in [0, 0.1) is 39.8 Å². The van der Waals surface area contributed by atoms with Crippen LogP contribution in [0.25, 0.3) is 0 Å². The molecular formula is C20H21N3S. The Hall–Kier alpha value is -2.22. The maximum Gasteiger partial charge on any atom is 0.127 e. The Bertz CT molecular complexity index is 807. The number of thiophene rings is 1. The molecule has 2 aromatic heterocycles. The van der Waals surface area contributed by atoms with E-state index >= 15 is 0 Å². The van der Waals surface area contributed by atoms with Crippen molar-refractivity contribution in [2.75, 3.05) is 0 Å². The van der Waals surface area contributed by atoms with E-state index in [2.05, 4.69) is 72.7 Å². The molecule has 0 fully saturated rings. The van der Waals surface area contributed by atoms with Gasteiger partial charge in [-0.05, 0) is 56.5 Å². The minimum absolute atomic E-state index is 0.132. The van der Waals surface area contributed by atoms with Crippen LogP contribution < -0.4 is 5.32 Å². The Morgan fingerprint density at radius 1 is 1.00 bits per heavy atom. The fraction of sp³-hybridized carbons (Fsp3) is 0.300. The highest BCUT2D eigenvalue weighted by molar-refractivity contribution is 7.12. The number of nitrogens with zero attached hydrogens (tertiary/aromatic N) is 2. The molecule has 0 radical (unpaired) electrons. The molecule has 1 N–H and O–H groups in total. The number of aromatic nitrogens is 2. The molecule has 4 heteroatoms. The van der Waals surface area contributed by atoms with Gasteiger partial charge in [-0.1, -0.05) is 30.3 Å². The first kappa shape index (κ1) is 16.6. The Labute approximate surface area is 147 Å². The van der Waals surface area contributed by atoms with E-state index in [9.17, 15) is 0 Å². The van der Waals surface area contributed by atoms with Gasteiger partial charge < -0.3 is 0 Å². The van der Waals surface area contributed by atoms with Crippen LogP contribution in [0.4, 0.5) is 0 Å². The lowest BCUT2D eigenvalue weighted by Gasteiger charge is -2.20. The van der Waals surface area contributed by atoms with Crippen molar-refractivity contribution >= 4 is 11.3 Å². The van der Waals surface area contributed by atoms with Crippen molar-refractivity contribution in [2.45, 2.75) is 40.3 Å². The lowest BCUT2D eigenvalue weighted by Crippen LogP contribution is -2.23. The topological polar surface area (TPSA) is 37.8 Å². The van der Waals surface area contributed by atoms with Gasteiger partial charge in [0.1, 0.15) is 11.4 Å². The van der Waals surface area contributed by atoms with Gasteiger partial charge in [0.25, 0.3) is 0 Å². The Morgan fingerprint density at radius 2 is 1.75 bits per heavy atom. The fourth-order valence-electron chi connectivity index (χ4n) is 2.89. The van der Waals surface area contributed by atoms with E-state index in [0.717, 1.165) is 11.4 Å². The summed E-state index contributed by atoms with van der Waals surface area (Å²) in [5, 5.41) is 11.9. The van der Waals surface area contributed by atoms with Crippen molar-refractivity contribution in [3.8, 4) is 0 Å². The average molecular weight is 335 g/mol. The molecule has 3 rings (SSSR count). The second-order valence-electron chi connectivity index (χ2n) is 5.96. The molecule has 3 nitrogen and oxygen atoms in total. The zero-order valence-corrected chi connectivity index (χ0v) is 15.3. The Balaban J connectivity index is 1.92. The van der Waals surface area contributed by atoms with Crippen molar-refractivity contribution in [2.24, 2.45) is 0 Å². The van der Waals surface area contributed by atoms with E-state index in [1.807, 2.05) is 24.3 Å². The second kappa shape index (κ2) is 7.12. The molecule has 0 saturated heterocycles. The minimum Gasteiger partial charge on any atom is -0.300 e. The highest BCUT2D eigenvalue weighted by Gasteiger charge is 2.21. The summed E-state index contributed by atoms with van der Waals surface area (Å²) in [5.74, 6) is 0. The van der Waals surface area contributed by atoms with E-state index in [0.29, 0.717) is 6.54 Å². The SMILES string of the molecule is Cc1c#cc(CNC(c2ccccc2)c2c(C)sc(C)c2C)nn1. The molecule has 0 aliphatic carbocycles. The molecule has 0 amide bonds. The molecule has 1 atom stereocenters. The van der Waals surface area contributed by atoms with Gasteiger partial charge in [0.05, 0.1) is 6.04 Å². The maximum atomic E-state index is 4.19. The lowest BCUT2D eigenvalue weighted by molar-refractivity contribution is 0.589. The van der Waals surface area contributed by atoms with Crippen LogP contribution >= 0.6 is 11.3 Å². The monoisotopic (exact) mass is 335 g/mol. The summed E-state index contributed by atoms with van der Waals surface area (Å²) in [6, 6.07) is 16.7. The van der Waals surface area contributed by atoms with E-state index in [1.54, 1.807) is 0 Å². The van der Waals surface area contributed by atoms with Gasteiger partial charge in [-0.2, -0.15) is 0 Å². The lowest BCUT2D eigenvalue weighted by atomic mass is 9.95. The highest BCUT2D eigenvalue weighted by atomic mass is 32.1. The third-order valence-corrected chi connectivity index (χ3v) is 5.36. The standard InChI is InChI=1S/C20H21N3S/c1-13-10-11-18(23-22-13)12-21-20(17-8-6-5-7-9-17)19-14(2)15(3)24-16(19)4/h5-9,20-21H,12H2,1-4H3. The Kier molecular flexibility index (Phi) is 4.94. The molecule has 1 aromatic carbocycles. The molecule has 0 aliphatic heterocycles. The van der Waals surface area contributed by atoms with E-state index in [1.165, 1.54) is 26.4 Å². The van der Waals surface area contributed by atoms with Crippen molar-refractivity contribution in [1.82, 2.24) is 15.5 Å². The third kappa shape index (κ3) is 3.48. The number of hydrogen-bond donors (Lipinski definition) is 1. The third-order valence-electron chi connectivity index (χ3n) is 4.22. The zero-order valence-electron chi connectivity index (χ0n) is 14.5. The summed E-state index contributed by atoms with van der Waals surface area (Å²) in [6.45, 7) is 9.07. The van der Waals surface area contributed by atoms with Gasteiger partial charge in [0.15, 0.2) is 0 Å². The van der Waals surface area contributed by atoms with Crippen LogP contribution in [0.1, 0.15) is 43.9 Å². The van der Waals surface area contributed by atoms with Gasteiger partial charge in [-0.3, -0.25) is 5.32 Å². The normalized spacial score (nSPS) is 12.0. The van der Waals surface area contributed by atoms with Crippen LogP contribution in [0.2, 0.25) is 0 Å². The number of hydrogen-bond acceptors (Lipinski definition) is 4. The van der Waals surface area contributed by atoms with Crippen LogP contribution in [0.5, 0.6) is 0 Å². The smallest absolute Gasteiger partial charge is 0.127 e. The molecule has 0 aliphatic rings. The van der Waals surface area contributed by atoms with Crippen LogP contribution in [0.15, 0.2) is 30.3 Å². The molecule has 0 saturated carbocycles. The second-order valence-corrected chi connectivity index (χ2v) is 7.39. The van der Waals surface area contributed by atoms with Crippen molar-refractivity contribution in [3.63, 3.8) is 0 Å². The van der Waals surface area contributed by atoms with Crippen molar-refractivity contribution < 1.29 is 0 Å². The molecule has 0 spiro atoms. The van der Waals surface area contributed by atoms with Gasteiger partial charge in [0.2, 0.25) is 0 Å². The predicted molar refractivity (Wildman–Crippen MR) is 98.1 cm³/mol. The van der Waals surface area contributed by atoms with Gasteiger partial charge >= 0.3 is 0 Å². The van der Waals surface area contributed by atoms with Crippen LogP contribution in [-0.4, -0.2) is 10.2 Å². The summed E-state index contributed by atoms with van der Waals surface area (Å²) in [5.41, 5.74) is 5.53. The summed E-state index contributed by atoms with van der Waals surface area (Å²) in [4.78, 5) is 2.73. The summed E-state index contributed by atoms with van der Waals surface area (Å²) in [6.07, 6.45) is 0. The zero-order chi connectivity index (χ0) is 17.1. The largest absolute Gasteiger partial charge is 0.300 e. The van der Waals surface area contributed by atoms with E-state index < -0.39 is 0 Å². The number of nitrogens with one attached hydrogen (secondary N) is 1. The number of aryl methyl sites for hydroxylation is 3. The molecule has 122 valence electrons. The van der Waals surface area contributed by atoms with Crippen LogP contribution in [0.3, 0.4) is 0 Å². The van der Waals surface area contributed by atoms with E-state index in [4.69, 9.17) is 0 Å². The first-order valence-electron chi connectivity index (χ1n) is 8.04. The molecule has 3 aromatic rings. The van der Waals surface area contributed by atoms with Gasteiger partial charge in [0, 0.05) is 16.3 Å². The fourth-order valence-corrected chi connectivity index (χ4v) is 4.00. The summed E-state index contributed by atoms with van der Waals surface area (Å²) in [7, 11) is 0. The summed E-state index contributed by atoms with van der Waals surface area (Å²) >= 11 is 1.86. The minimum atomic E-state index is 0.132. The molecule has 1 unspecified atom stereocenters. The maximum absolute atomic E-state index is 4.19. The molecule has 24 heavy (non-hydrogen) atoms. The predicted octanol–water partition coefficient (Wildman–Crippen LogP) is 4.25. The molecular weight excluding hydrogens is 314 g/mol. The highest BCUT2D eigenvalue weighted by Crippen LogP contribution is 2.34. The number of rotatable bonds is 5. The van der Waals surface area contributed by atoms with Crippen LogP contribution in [-0.2, 0) is 6.54 Å².